The Kier molecular flexibility index (Phi) is 7.79. The Morgan fingerprint density at radius 3 is 2.71 bits per heavy atom. The number of benzene rings is 1. The number of aryl methyl sites for hydroxylation is 3. The lowest BCUT2D eigenvalue weighted by molar-refractivity contribution is 0.0524. The molecular weight excluding hydrogens is 565 g/mol. The van der Waals surface area contributed by atoms with Crippen molar-refractivity contribution in [1.82, 2.24) is 25.5 Å². The van der Waals surface area contributed by atoms with Gasteiger partial charge in [0.2, 0.25) is 11.8 Å². The number of ether oxygens (including phenoxy) is 1. The Morgan fingerprint density at radius 2 is 2.02 bits per heavy atom. The summed E-state index contributed by atoms with van der Waals surface area (Å²) in [5, 5.41) is 13.2. The summed E-state index contributed by atoms with van der Waals surface area (Å²) < 4.78 is 26.0. The molecule has 6 rings (SSSR count). The number of aromatic nitrogens is 4. The number of nitrogens with zero attached hydrogens (tertiary/aromatic N) is 4. The Balaban J connectivity index is 1.65. The van der Waals surface area contributed by atoms with E-state index in [0.717, 1.165) is 39.9 Å². The maximum atomic E-state index is 13.8. The first-order valence-corrected chi connectivity index (χ1v) is 14.7. The number of fused-ring (bicyclic) bond motifs is 1. The maximum Gasteiger partial charge on any atom is 0.340 e. The molecule has 0 amide bonds. The molecular formula is C30H27ClFN5O3S. The molecule has 41 heavy (non-hydrogen) atoms. The summed E-state index contributed by atoms with van der Waals surface area (Å²) in [5.41, 5.74) is 3.86. The predicted molar refractivity (Wildman–Crippen MR) is 156 cm³/mol. The highest BCUT2D eigenvalue weighted by atomic mass is 35.5. The van der Waals surface area contributed by atoms with Crippen molar-refractivity contribution in [3.05, 3.63) is 82.0 Å². The van der Waals surface area contributed by atoms with Gasteiger partial charge in [0.25, 0.3) is 0 Å². The largest absolute Gasteiger partial charge is 0.462 e. The fourth-order valence-corrected chi connectivity index (χ4v) is 6.63. The lowest BCUT2D eigenvalue weighted by Crippen LogP contribution is -2.22. The Labute approximate surface area is 245 Å². The average molecular weight is 592 g/mol. The smallest absolute Gasteiger partial charge is 0.340 e. The van der Waals surface area contributed by atoms with Gasteiger partial charge < -0.3 is 14.5 Å². The third-order valence-corrected chi connectivity index (χ3v) is 8.68. The summed E-state index contributed by atoms with van der Waals surface area (Å²) in [4.78, 5) is 24.0. The lowest BCUT2D eigenvalue weighted by atomic mass is 9.91. The molecule has 1 atom stereocenters. The van der Waals surface area contributed by atoms with Gasteiger partial charge in [-0.25, -0.2) is 14.2 Å². The van der Waals surface area contributed by atoms with Gasteiger partial charge in [0.1, 0.15) is 11.0 Å². The molecule has 0 saturated carbocycles. The predicted octanol–water partition coefficient (Wildman–Crippen LogP) is 6.90. The highest BCUT2D eigenvalue weighted by molar-refractivity contribution is 7.22. The van der Waals surface area contributed by atoms with Crippen LogP contribution < -0.4 is 5.32 Å². The van der Waals surface area contributed by atoms with Gasteiger partial charge in [0.15, 0.2) is 0 Å². The topological polar surface area (TPSA) is 103 Å². The third-order valence-electron chi connectivity index (χ3n) is 7.11. The van der Waals surface area contributed by atoms with E-state index in [9.17, 15) is 9.18 Å². The molecule has 8 nitrogen and oxygen atoms in total. The van der Waals surface area contributed by atoms with Gasteiger partial charge in [0, 0.05) is 23.6 Å². The first-order chi connectivity index (χ1) is 19.9. The van der Waals surface area contributed by atoms with Crippen molar-refractivity contribution in [2.75, 3.05) is 13.2 Å². The van der Waals surface area contributed by atoms with E-state index in [2.05, 4.69) is 20.5 Å². The summed E-state index contributed by atoms with van der Waals surface area (Å²) in [6, 6.07) is 10.2. The van der Waals surface area contributed by atoms with E-state index >= 15 is 0 Å². The van der Waals surface area contributed by atoms with Gasteiger partial charge >= 0.3 is 5.97 Å². The number of rotatable bonds is 8. The van der Waals surface area contributed by atoms with Crippen LogP contribution in [0.1, 0.15) is 59.0 Å². The molecule has 1 aliphatic heterocycles. The maximum absolute atomic E-state index is 13.8. The summed E-state index contributed by atoms with van der Waals surface area (Å²) in [6.45, 7) is 4.53. The number of esters is 1. The van der Waals surface area contributed by atoms with E-state index in [1.807, 2.05) is 12.1 Å². The number of halogens is 2. The second-order valence-electron chi connectivity index (χ2n) is 9.82. The fourth-order valence-electron chi connectivity index (χ4n) is 5.26. The Bertz CT molecular complexity index is 1730. The van der Waals surface area contributed by atoms with Gasteiger partial charge in [-0.2, -0.15) is 0 Å². The van der Waals surface area contributed by atoms with E-state index in [4.69, 9.17) is 25.7 Å². The van der Waals surface area contributed by atoms with Crippen molar-refractivity contribution in [3.63, 3.8) is 0 Å². The zero-order valence-electron chi connectivity index (χ0n) is 22.5. The van der Waals surface area contributed by atoms with Gasteiger partial charge in [-0.1, -0.05) is 23.7 Å². The third kappa shape index (κ3) is 5.47. The van der Waals surface area contributed by atoms with Gasteiger partial charge in [-0.05, 0) is 74.4 Å². The van der Waals surface area contributed by atoms with E-state index in [1.165, 1.54) is 23.5 Å². The van der Waals surface area contributed by atoms with Crippen molar-refractivity contribution in [3.8, 4) is 21.9 Å². The van der Waals surface area contributed by atoms with E-state index in [1.54, 1.807) is 32.2 Å². The van der Waals surface area contributed by atoms with Crippen molar-refractivity contribution >= 4 is 39.0 Å². The number of nitrogens with one attached hydrogen (secondary N) is 1. The first kappa shape index (κ1) is 27.4. The molecule has 1 N–H and O–H groups in total. The van der Waals surface area contributed by atoms with Crippen LogP contribution in [0.15, 0.2) is 47.0 Å². The van der Waals surface area contributed by atoms with Crippen LogP contribution in [0.2, 0.25) is 5.15 Å². The Hall–Kier alpha value is -3.73. The van der Waals surface area contributed by atoms with Crippen LogP contribution in [-0.4, -0.2) is 39.3 Å². The molecule has 1 aliphatic rings. The van der Waals surface area contributed by atoms with E-state index in [-0.39, 0.29) is 24.4 Å². The number of carbonyl (C=O) groups is 1. The molecule has 0 unspecified atom stereocenters. The van der Waals surface area contributed by atoms with Crippen LogP contribution in [0.4, 0.5) is 4.39 Å². The fraction of sp³-hybridized carbons (Fsp3) is 0.300. The molecule has 0 radical (unpaired) electrons. The summed E-state index contributed by atoms with van der Waals surface area (Å²) in [5.74, 6) is -0.110. The quantitative estimate of drug-likeness (QED) is 0.154. The Morgan fingerprint density at radius 1 is 1.20 bits per heavy atom. The summed E-state index contributed by atoms with van der Waals surface area (Å²) in [6.07, 6.45) is 4.53. The van der Waals surface area contributed by atoms with Crippen LogP contribution in [-0.2, 0) is 17.6 Å². The van der Waals surface area contributed by atoms with Crippen molar-refractivity contribution < 1.29 is 18.3 Å². The minimum Gasteiger partial charge on any atom is -0.462 e. The molecule has 1 aromatic carbocycles. The highest BCUT2D eigenvalue weighted by Gasteiger charge is 2.34. The molecule has 0 bridgehead atoms. The molecule has 0 spiro atoms. The SMILES string of the molecule is CCOC(=O)c1c([C@@H]2CCCN2)nc(CCc2ccc(F)cc2)c(-c2nnc(C)o2)c1-c1cc2ccnc(Cl)c2s1. The lowest BCUT2D eigenvalue weighted by Gasteiger charge is -2.22. The summed E-state index contributed by atoms with van der Waals surface area (Å²) >= 11 is 7.92. The molecule has 4 aromatic heterocycles. The van der Waals surface area contributed by atoms with E-state index < -0.39 is 5.97 Å². The number of hydrogen-bond acceptors (Lipinski definition) is 9. The standard InChI is InChI=1S/C30H27ClFN5O3S/c1-3-39-30(38)25-24(22-15-18-12-14-34-28(31)27(18)41-22)23(29-37-36-16(2)40-29)20(35-26(25)21-5-4-13-33-21)11-8-17-6-9-19(32)10-7-17/h6-7,9-10,12,14-15,21,33H,3-5,8,11,13H2,1-2H3/t21-/m0/s1. The van der Waals surface area contributed by atoms with Crippen LogP contribution in [0.5, 0.6) is 0 Å². The second-order valence-corrected chi connectivity index (χ2v) is 11.2. The van der Waals surface area contributed by atoms with Gasteiger partial charge in [-0.3, -0.25) is 4.98 Å². The number of carbonyl (C=O) groups excluding carboxylic acids is 1. The zero-order chi connectivity index (χ0) is 28.5. The van der Waals surface area contributed by atoms with Gasteiger partial charge in [-0.15, -0.1) is 21.5 Å². The average Bonchev–Trinajstić information content (AvgIpc) is 3.74. The molecule has 1 fully saturated rings. The minimum absolute atomic E-state index is 0.129. The number of thiophene rings is 1. The summed E-state index contributed by atoms with van der Waals surface area (Å²) in [7, 11) is 0. The van der Waals surface area contributed by atoms with Crippen molar-refractivity contribution in [2.24, 2.45) is 0 Å². The van der Waals surface area contributed by atoms with Crippen LogP contribution >= 0.6 is 22.9 Å². The molecule has 5 aromatic rings. The normalized spacial score (nSPS) is 15.1. The molecule has 0 aliphatic carbocycles. The molecule has 11 heteroatoms. The highest BCUT2D eigenvalue weighted by Crippen LogP contribution is 2.46. The van der Waals surface area contributed by atoms with Crippen LogP contribution in [0.25, 0.3) is 32.0 Å². The van der Waals surface area contributed by atoms with Gasteiger partial charge in [0.05, 0.1) is 39.9 Å². The number of pyridine rings is 2. The van der Waals surface area contributed by atoms with Crippen LogP contribution in [0.3, 0.4) is 0 Å². The van der Waals surface area contributed by atoms with Crippen molar-refractivity contribution in [1.29, 1.82) is 0 Å². The minimum atomic E-state index is -0.469. The monoisotopic (exact) mass is 591 g/mol. The first-order valence-electron chi connectivity index (χ1n) is 13.5. The molecule has 5 heterocycles. The second kappa shape index (κ2) is 11.6. The molecule has 210 valence electrons. The van der Waals surface area contributed by atoms with Crippen molar-refractivity contribution in [2.45, 2.75) is 45.6 Å². The van der Waals surface area contributed by atoms with Crippen LogP contribution in [0, 0.1) is 12.7 Å². The van der Waals surface area contributed by atoms with E-state index in [0.29, 0.717) is 52.0 Å². The number of hydrogen-bond donors (Lipinski definition) is 1. The zero-order valence-corrected chi connectivity index (χ0v) is 24.1. The molecule has 1 saturated heterocycles.